The standard InChI is InChI=1S/C95H59N7/c96-60-79-86(75-51-27-47-71-67-43-19-23-55-82(67)99(91(71)75)63-35-11-3-12-36-63)88(77-53-29-49-73-69-45-21-25-57-84(69)101(93(73)77)65-39-15-5-16-40-65)89(78-54-30-50-74-70-46-22-26-58-85(70)102(94(74)78)66-41-17-6-18-42-66)90(81-59-80(61-31-7-1-8-32-61)97-95(98-81)62-33-9-2-10-34-62)87(79)76-52-28-48-72-68-44-20-24-56-83(68)100(92(72)76)64-37-13-4-14-38-64/h1-59H. The Morgan fingerprint density at radius 2 is 0.490 bits per heavy atom. The highest BCUT2D eigenvalue weighted by molar-refractivity contribution is 6.26. The van der Waals surface area contributed by atoms with E-state index in [2.05, 4.69) is 376 Å². The fourth-order valence-electron chi connectivity index (χ4n) is 16.5. The summed E-state index contributed by atoms with van der Waals surface area (Å²) in [6, 6.07) is 131. The Hall–Kier alpha value is -13.9. The van der Waals surface area contributed by atoms with Gasteiger partial charge in [-0.25, -0.2) is 9.97 Å². The summed E-state index contributed by atoms with van der Waals surface area (Å²) in [6.45, 7) is 0. The minimum atomic E-state index is 0.481. The van der Waals surface area contributed by atoms with Crippen molar-refractivity contribution in [3.8, 4) is 107 Å². The normalized spacial score (nSPS) is 11.7. The lowest BCUT2D eigenvalue weighted by Crippen LogP contribution is -2.07. The first-order valence-corrected chi connectivity index (χ1v) is 34.6. The van der Waals surface area contributed by atoms with E-state index in [1.165, 1.54) is 0 Å². The second-order valence-electron chi connectivity index (χ2n) is 26.1. The Balaban J connectivity index is 1.12. The second-order valence-corrected chi connectivity index (χ2v) is 26.1. The van der Waals surface area contributed by atoms with E-state index in [9.17, 15) is 5.26 Å². The molecule has 0 amide bonds. The maximum Gasteiger partial charge on any atom is 0.160 e. The van der Waals surface area contributed by atoms with Crippen LogP contribution in [0.1, 0.15) is 5.56 Å². The molecule has 0 saturated heterocycles. The molecule has 0 saturated carbocycles. The Labute approximate surface area is 587 Å². The number of aromatic nitrogens is 6. The van der Waals surface area contributed by atoms with Gasteiger partial charge in [-0.3, -0.25) is 0 Å². The third-order valence-electron chi connectivity index (χ3n) is 20.6. The molecule has 7 heteroatoms. The first kappa shape index (κ1) is 58.2. The van der Waals surface area contributed by atoms with Crippen LogP contribution in [-0.2, 0) is 0 Å². The molecule has 5 aromatic heterocycles. The van der Waals surface area contributed by atoms with Crippen molar-refractivity contribution in [1.82, 2.24) is 28.2 Å². The van der Waals surface area contributed by atoms with Gasteiger partial charge in [-0.05, 0) is 78.9 Å². The van der Waals surface area contributed by atoms with Crippen LogP contribution in [0.4, 0.5) is 0 Å². The van der Waals surface area contributed by atoms with Crippen molar-refractivity contribution >= 4 is 87.2 Å². The summed E-state index contributed by atoms with van der Waals surface area (Å²) in [5.74, 6) is 0.546. The summed E-state index contributed by atoms with van der Waals surface area (Å²) in [6.07, 6.45) is 0. The Bertz CT molecular complexity index is 6720. The van der Waals surface area contributed by atoms with Gasteiger partial charge in [-0.15, -0.1) is 0 Å². The van der Waals surface area contributed by atoms with Crippen LogP contribution in [-0.4, -0.2) is 28.2 Å². The number of para-hydroxylation sites is 12. The van der Waals surface area contributed by atoms with Gasteiger partial charge in [0.1, 0.15) is 6.07 Å². The highest BCUT2D eigenvalue weighted by atomic mass is 15.0. The molecule has 20 rings (SSSR count). The molecule has 0 aliphatic heterocycles. The largest absolute Gasteiger partial charge is 0.309 e. The lowest BCUT2D eigenvalue weighted by molar-refractivity contribution is 1.17. The quantitative estimate of drug-likeness (QED) is 0.130. The van der Waals surface area contributed by atoms with Crippen molar-refractivity contribution in [2.45, 2.75) is 0 Å². The molecule has 15 aromatic carbocycles. The van der Waals surface area contributed by atoms with Crippen LogP contribution >= 0.6 is 0 Å². The van der Waals surface area contributed by atoms with Gasteiger partial charge in [-0.1, -0.05) is 279 Å². The van der Waals surface area contributed by atoms with Crippen LogP contribution < -0.4 is 0 Å². The predicted molar refractivity (Wildman–Crippen MR) is 422 cm³/mol. The van der Waals surface area contributed by atoms with Crippen LogP contribution in [0.5, 0.6) is 0 Å². The Morgan fingerprint density at radius 1 is 0.225 bits per heavy atom. The van der Waals surface area contributed by atoms with Crippen molar-refractivity contribution in [3.05, 3.63) is 363 Å². The average molecular weight is 1300 g/mol. The lowest BCUT2D eigenvalue weighted by atomic mass is 9.75. The van der Waals surface area contributed by atoms with Crippen LogP contribution in [0.15, 0.2) is 358 Å². The minimum absolute atomic E-state index is 0.481. The molecule has 474 valence electrons. The fraction of sp³-hybridized carbons (Fsp3) is 0. The van der Waals surface area contributed by atoms with Crippen molar-refractivity contribution in [3.63, 3.8) is 0 Å². The number of fused-ring (bicyclic) bond motifs is 12. The molecule has 0 fully saturated rings. The zero-order valence-electron chi connectivity index (χ0n) is 55.2. The van der Waals surface area contributed by atoms with Gasteiger partial charge in [0, 0.05) is 127 Å². The number of nitrogens with zero attached hydrogens (tertiary/aromatic N) is 7. The van der Waals surface area contributed by atoms with Crippen LogP contribution in [0, 0.1) is 11.3 Å². The molecule has 0 aliphatic rings. The molecule has 20 aromatic rings. The van der Waals surface area contributed by atoms with E-state index in [1.54, 1.807) is 0 Å². The number of hydrogen-bond acceptors (Lipinski definition) is 3. The van der Waals surface area contributed by atoms with E-state index >= 15 is 0 Å². The summed E-state index contributed by atoms with van der Waals surface area (Å²) in [4.78, 5) is 11.6. The van der Waals surface area contributed by atoms with E-state index in [1.807, 2.05) is 6.07 Å². The zero-order chi connectivity index (χ0) is 67.4. The van der Waals surface area contributed by atoms with Gasteiger partial charge in [0.2, 0.25) is 0 Å². The van der Waals surface area contributed by atoms with Crippen LogP contribution in [0.3, 0.4) is 0 Å². The first-order chi connectivity index (χ1) is 50.7. The maximum atomic E-state index is 13.7. The van der Waals surface area contributed by atoms with E-state index in [4.69, 9.17) is 9.97 Å². The molecule has 7 nitrogen and oxygen atoms in total. The number of hydrogen-bond donors (Lipinski definition) is 0. The SMILES string of the molecule is N#Cc1c(-c2cccc3c4ccccc4n(-c4ccccc4)c23)c(-c2cc(-c3ccccc3)nc(-c3ccccc3)n2)c(-c2cccc3c4ccccc4n(-c4ccccc4)c23)c(-c2cccc3c4ccccc4n(-c4ccccc4)c23)c1-c1cccc2c3ccccc3n(-c3ccccc3)c12. The third kappa shape index (κ3) is 8.93. The molecular formula is C95H59N7. The van der Waals surface area contributed by atoms with Gasteiger partial charge in [-0.2, -0.15) is 5.26 Å². The third-order valence-corrected chi connectivity index (χ3v) is 20.6. The van der Waals surface area contributed by atoms with Crippen LogP contribution in [0.25, 0.3) is 188 Å². The lowest BCUT2D eigenvalue weighted by Gasteiger charge is -2.28. The van der Waals surface area contributed by atoms with Crippen LogP contribution in [0.2, 0.25) is 0 Å². The summed E-state index contributed by atoms with van der Waals surface area (Å²) in [5, 5.41) is 22.3. The molecule has 0 radical (unpaired) electrons. The minimum Gasteiger partial charge on any atom is -0.309 e. The van der Waals surface area contributed by atoms with Gasteiger partial charge in [0.15, 0.2) is 5.82 Å². The highest BCUT2D eigenvalue weighted by Crippen LogP contribution is 2.58. The highest BCUT2D eigenvalue weighted by Gasteiger charge is 2.36. The fourth-order valence-corrected chi connectivity index (χ4v) is 16.5. The van der Waals surface area contributed by atoms with Crippen molar-refractivity contribution in [2.75, 3.05) is 0 Å². The van der Waals surface area contributed by atoms with Crippen molar-refractivity contribution in [1.29, 1.82) is 5.26 Å². The molecule has 0 aliphatic carbocycles. The Kier molecular flexibility index (Phi) is 13.5. The molecule has 0 spiro atoms. The zero-order valence-corrected chi connectivity index (χ0v) is 55.2. The summed E-state index contributed by atoms with van der Waals surface area (Å²) in [7, 11) is 0. The van der Waals surface area contributed by atoms with Crippen molar-refractivity contribution in [2.24, 2.45) is 0 Å². The summed E-state index contributed by atoms with van der Waals surface area (Å²) < 4.78 is 9.73. The molecule has 102 heavy (non-hydrogen) atoms. The topological polar surface area (TPSA) is 69.3 Å². The molecular weight excluding hydrogens is 1240 g/mol. The van der Waals surface area contributed by atoms with Gasteiger partial charge >= 0.3 is 0 Å². The predicted octanol–water partition coefficient (Wildman–Crippen LogP) is 24.4. The van der Waals surface area contributed by atoms with E-state index in [0.29, 0.717) is 17.1 Å². The van der Waals surface area contributed by atoms with Gasteiger partial charge in [0.25, 0.3) is 0 Å². The van der Waals surface area contributed by atoms with E-state index < -0.39 is 0 Å². The smallest absolute Gasteiger partial charge is 0.160 e. The van der Waals surface area contributed by atoms with Gasteiger partial charge in [0.05, 0.1) is 61.1 Å². The monoisotopic (exact) mass is 1300 g/mol. The first-order valence-electron chi connectivity index (χ1n) is 34.6. The molecule has 5 heterocycles. The second kappa shape index (κ2) is 23.7. The van der Waals surface area contributed by atoms with Gasteiger partial charge < -0.3 is 18.3 Å². The van der Waals surface area contributed by atoms with Crippen molar-refractivity contribution < 1.29 is 0 Å². The van der Waals surface area contributed by atoms with E-state index in [0.717, 1.165) is 177 Å². The molecule has 0 bridgehead atoms. The Morgan fingerprint density at radius 3 is 0.833 bits per heavy atom. The molecule has 0 atom stereocenters. The summed E-state index contributed by atoms with van der Waals surface area (Å²) in [5.41, 5.74) is 23.4. The average Bonchev–Trinajstić information content (AvgIpc) is 1.29. The van der Waals surface area contributed by atoms with E-state index in [-0.39, 0.29) is 0 Å². The molecule has 0 N–H and O–H groups in total. The number of rotatable bonds is 11. The number of benzene rings is 15. The maximum absolute atomic E-state index is 13.7. The molecule has 0 unspecified atom stereocenters. The number of nitriles is 1. The summed E-state index contributed by atoms with van der Waals surface area (Å²) >= 11 is 0.